The number of carbonyl (C=O) groups is 2. The van der Waals surface area contributed by atoms with Crippen molar-refractivity contribution in [3.63, 3.8) is 0 Å². The van der Waals surface area contributed by atoms with Crippen LogP contribution in [0.3, 0.4) is 0 Å². The van der Waals surface area contributed by atoms with Crippen LogP contribution in [0.1, 0.15) is 47.8 Å². The summed E-state index contributed by atoms with van der Waals surface area (Å²) in [7, 11) is -1.92. The van der Waals surface area contributed by atoms with Crippen LogP contribution in [0.15, 0.2) is 48.0 Å². The normalized spacial score (nSPS) is 13.5. The molecule has 0 heterocycles. The Morgan fingerprint density at radius 2 is 1.74 bits per heavy atom. The number of hydrogen-bond acceptors (Lipinski definition) is 4. The summed E-state index contributed by atoms with van der Waals surface area (Å²) in [5.74, 6) is -2.33. The Bertz CT molecular complexity index is 1020. The molecule has 0 aromatic heterocycles. The van der Waals surface area contributed by atoms with Crippen molar-refractivity contribution in [1.29, 1.82) is 0 Å². The molecule has 4 nitrogen and oxygen atoms in total. The number of halogens is 1. The van der Waals surface area contributed by atoms with E-state index >= 15 is 0 Å². The second-order valence-electron chi connectivity index (χ2n) is 9.45. The van der Waals surface area contributed by atoms with E-state index in [1.165, 1.54) is 0 Å². The van der Waals surface area contributed by atoms with Crippen molar-refractivity contribution in [2.75, 3.05) is 6.61 Å². The first-order chi connectivity index (χ1) is 14.5. The van der Waals surface area contributed by atoms with Crippen LogP contribution in [0.4, 0.5) is 4.39 Å². The molecule has 31 heavy (non-hydrogen) atoms. The van der Waals surface area contributed by atoms with E-state index in [2.05, 4.69) is 33.9 Å². The van der Waals surface area contributed by atoms with Gasteiger partial charge in [0.05, 0.1) is 6.61 Å². The van der Waals surface area contributed by atoms with Gasteiger partial charge in [-0.3, -0.25) is 4.79 Å². The minimum absolute atomic E-state index is 0.00266. The molecule has 0 N–H and O–H groups in total. The van der Waals surface area contributed by atoms with Crippen LogP contribution in [0.2, 0.25) is 18.1 Å². The fourth-order valence-corrected chi connectivity index (χ4v) is 4.07. The molecule has 0 unspecified atom stereocenters. The third-order valence-electron chi connectivity index (χ3n) is 6.08. The van der Waals surface area contributed by atoms with E-state index in [1.54, 1.807) is 18.2 Å². The molecule has 0 spiro atoms. The third-order valence-corrected chi connectivity index (χ3v) is 10.6. The van der Waals surface area contributed by atoms with Gasteiger partial charge in [0.25, 0.3) is 5.78 Å². The van der Waals surface area contributed by atoms with Gasteiger partial charge in [-0.1, -0.05) is 57.2 Å². The monoisotopic (exact) mass is 440 g/mol. The average molecular weight is 441 g/mol. The zero-order valence-corrected chi connectivity index (χ0v) is 19.8. The van der Waals surface area contributed by atoms with Gasteiger partial charge in [-0.15, -0.1) is 0 Å². The predicted octanol–water partition coefficient (Wildman–Crippen LogP) is 5.71. The van der Waals surface area contributed by atoms with Crippen molar-refractivity contribution < 1.29 is 23.1 Å². The fraction of sp³-hybridized carbons (Fsp3) is 0.360. The number of benzene rings is 2. The van der Waals surface area contributed by atoms with Crippen molar-refractivity contribution in [3.8, 4) is 0 Å². The van der Waals surface area contributed by atoms with Gasteiger partial charge in [-0.25, -0.2) is 9.18 Å². The van der Waals surface area contributed by atoms with Crippen LogP contribution in [0.5, 0.6) is 0 Å². The summed E-state index contributed by atoms with van der Waals surface area (Å²) in [5.41, 5.74) is 2.89. The Hall–Kier alpha value is -2.57. The Balaban J connectivity index is 1.69. The van der Waals surface area contributed by atoms with Crippen LogP contribution < -0.4 is 0 Å². The second kappa shape index (κ2) is 8.89. The molecule has 0 bridgehead atoms. The Morgan fingerprint density at radius 3 is 2.39 bits per heavy atom. The van der Waals surface area contributed by atoms with Crippen LogP contribution in [0.25, 0.3) is 6.08 Å². The van der Waals surface area contributed by atoms with Crippen molar-refractivity contribution in [3.05, 3.63) is 76.1 Å². The van der Waals surface area contributed by atoms with Gasteiger partial charge >= 0.3 is 5.97 Å². The predicted molar refractivity (Wildman–Crippen MR) is 122 cm³/mol. The molecular formula is C25H29FO4Si. The first-order valence-corrected chi connectivity index (χ1v) is 13.3. The zero-order chi connectivity index (χ0) is 22.8. The molecule has 0 aliphatic heterocycles. The smallest absolute Gasteiger partial charge is 0.380 e. The van der Waals surface area contributed by atoms with E-state index in [4.69, 9.17) is 9.16 Å². The van der Waals surface area contributed by atoms with E-state index in [0.717, 1.165) is 17.2 Å². The van der Waals surface area contributed by atoms with E-state index in [0.29, 0.717) is 24.2 Å². The molecule has 1 aliphatic carbocycles. The molecule has 1 aliphatic rings. The molecule has 2 aromatic carbocycles. The van der Waals surface area contributed by atoms with Crippen molar-refractivity contribution in [2.24, 2.45) is 0 Å². The maximum atomic E-state index is 14.7. The summed E-state index contributed by atoms with van der Waals surface area (Å²) in [6, 6.07) is 11.8. The van der Waals surface area contributed by atoms with Gasteiger partial charge in [0.1, 0.15) is 12.4 Å². The fourth-order valence-electron chi connectivity index (χ4n) is 3.09. The van der Waals surface area contributed by atoms with Gasteiger partial charge in [-0.05, 0) is 58.9 Å². The number of esters is 1. The number of carbonyl (C=O) groups excluding carboxylic acids is 2. The molecule has 0 amide bonds. The molecule has 0 saturated heterocycles. The molecule has 164 valence electrons. The molecule has 0 atom stereocenters. The van der Waals surface area contributed by atoms with Gasteiger partial charge in [0, 0.05) is 5.56 Å². The van der Waals surface area contributed by atoms with Crippen molar-refractivity contribution in [1.82, 2.24) is 0 Å². The second-order valence-corrected chi connectivity index (χ2v) is 14.3. The molecule has 0 fully saturated rings. The topological polar surface area (TPSA) is 52.6 Å². The number of rotatable bonds is 7. The number of hydrogen-bond donors (Lipinski definition) is 0. The van der Waals surface area contributed by atoms with E-state index in [-0.39, 0.29) is 17.2 Å². The highest BCUT2D eigenvalue weighted by atomic mass is 28.4. The summed E-state index contributed by atoms with van der Waals surface area (Å²) in [4.78, 5) is 24.7. The van der Waals surface area contributed by atoms with E-state index in [1.807, 2.05) is 24.3 Å². The largest absolute Gasteiger partial charge is 0.455 e. The van der Waals surface area contributed by atoms with E-state index < -0.39 is 25.9 Å². The maximum Gasteiger partial charge on any atom is 0.380 e. The Morgan fingerprint density at radius 1 is 1.06 bits per heavy atom. The van der Waals surface area contributed by atoms with Crippen molar-refractivity contribution in [2.45, 2.75) is 51.9 Å². The summed E-state index contributed by atoms with van der Waals surface area (Å²) >= 11 is 0. The van der Waals surface area contributed by atoms with Crippen LogP contribution >= 0.6 is 0 Å². The molecule has 2 aromatic rings. The third kappa shape index (κ3) is 5.38. The highest BCUT2D eigenvalue weighted by molar-refractivity contribution is 6.74. The van der Waals surface area contributed by atoms with Gasteiger partial charge in [0.15, 0.2) is 8.32 Å². The minimum Gasteiger partial charge on any atom is -0.455 e. The lowest BCUT2D eigenvalue weighted by atomic mass is 10.0. The average Bonchev–Trinajstić information content (AvgIpc) is 3.13. The quantitative estimate of drug-likeness (QED) is 0.239. The molecular weight excluding hydrogens is 411 g/mol. The number of ketones is 1. The van der Waals surface area contributed by atoms with Gasteiger partial charge in [-0.2, -0.15) is 0 Å². The van der Waals surface area contributed by atoms with Crippen LogP contribution in [-0.4, -0.2) is 26.7 Å². The number of Topliss-reactive ketones (excluding diaryl/α,β-unsaturated/α-hetero) is 1. The zero-order valence-electron chi connectivity index (χ0n) is 18.8. The lowest BCUT2D eigenvalue weighted by Gasteiger charge is -2.36. The summed E-state index contributed by atoms with van der Waals surface area (Å²) in [6.07, 6.45) is 2.31. The Labute approximate surface area is 184 Å². The minimum atomic E-state index is -1.92. The first kappa shape index (κ1) is 23.1. The first-order valence-electron chi connectivity index (χ1n) is 10.4. The standard InChI is InChI=1S/C25H29FO4Si/c1-25(2,3)31(4,5)30-16-18-11-19-13-20(14-22(26)21(19)12-18)23(27)24(28)29-15-17-9-7-6-8-10-17/h6-11,13-14H,12,15-16H2,1-5H3. The van der Waals surface area contributed by atoms with Crippen LogP contribution in [-0.2, 0) is 27.0 Å². The van der Waals surface area contributed by atoms with Crippen LogP contribution in [0, 0.1) is 5.82 Å². The SMILES string of the molecule is CC(C)(C)[Si](C)(C)OCC1=Cc2cc(C(=O)C(=O)OCc3ccccc3)cc(F)c2C1. The highest BCUT2D eigenvalue weighted by Gasteiger charge is 2.37. The van der Waals surface area contributed by atoms with Gasteiger partial charge < -0.3 is 9.16 Å². The summed E-state index contributed by atoms with van der Waals surface area (Å²) in [5, 5.41) is 0.0873. The lowest BCUT2D eigenvalue weighted by molar-refractivity contribution is -0.139. The molecule has 6 heteroatoms. The van der Waals surface area contributed by atoms with Crippen molar-refractivity contribution >= 4 is 26.1 Å². The molecule has 0 radical (unpaired) electrons. The highest BCUT2D eigenvalue weighted by Crippen LogP contribution is 2.37. The number of ether oxygens (including phenoxy) is 1. The summed E-state index contributed by atoms with van der Waals surface area (Å²) in [6.45, 7) is 11.3. The summed E-state index contributed by atoms with van der Waals surface area (Å²) < 4.78 is 26.0. The molecule has 3 rings (SSSR count). The lowest BCUT2D eigenvalue weighted by Crippen LogP contribution is -2.41. The number of fused-ring (bicyclic) bond motifs is 1. The van der Waals surface area contributed by atoms with E-state index in [9.17, 15) is 14.0 Å². The van der Waals surface area contributed by atoms with Gasteiger partial charge in [0.2, 0.25) is 0 Å². The Kier molecular flexibility index (Phi) is 6.62. The molecule has 0 saturated carbocycles. The maximum absolute atomic E-state index is 14.7.